The van der Waals surface area contributed by atoms with Gasteiger partial charge >= 0.3 is 0 Å². The van der Waals surface area contributed by atoms with Crippen LogP contribution in [-0.2, 0) is 11.3 Å². The van der Waals surface area contributed by atoms with Gasteiger partial charge in [-0.05, 0) is 59.9 Å². The number of nitrogens with one attached hydrogen (secondary N) is 1. The van der Waals surface area contributed by atoms with Gasteiger partial charge in [0, 0.05) is 43.4 Å². The molecule has 1 saturated heterocycles. The van der Waals surface area contributed by atoms with Crippen LogP contribution < -0.4 is 5.32 Å². The first kappa shape index (κ1) is 23.0. The van der Waals surface area contributed by atoms with Crippen LogP contribution in [-0.4, -0.2) is 54.3 Å². The van der Waals surface area contributed by atoms with E-state index in [0.29, 0.717) is 5.92 Å². The molecule has 1 aliphatic heterocycles. The van der Waals surface area contributed by atoms with Crippen LogP contribution in [0.15, 0.2) is 48.5 Å². The van der Waals surface area contributed by atoms with E-state index in [1.54, 1.807) is 0 Å². The number of thiocarbonyl (C=S) groups is 1. The molecule has 1 N–H and O–H groups in total. The van der Waals surface area contributed by atoms with E-state index in [2.05, 4.69) is 53.2 Å². The largest absolute Gasteiger partial charge is 0.379 e. The molecule has 2 aromatic rings. The van der Waals surface area contributed by atoms with Crippen LogP contribution in [0.2, 0.25) is 5.02 Å². The van der Waals surface area contributed by atoms with Gasteiger partial charge in [0.05, 0.1) is 13.2 Å². The Bertz CT molecular complexity index is 789. The molecule has 0 spiro atoms. The Kier molecular flexibility index (Phi) is 8.94. The second kappa shape index (κ2) is 11.7. The second-order valence-corrected chi connectivity index (χ2v) is 8.89. The van der Waals surface area contributed by atoms with E-state index in [1.807, 2.05) is 24.3 Å². The Balaban J connectivity index is 1.63. The number of rotatable bonds is 8. The molecule has 0 bridgehead atoms. The van der Waals surface area contributed by atoms with Crippen molar-refractivity contribution in [3.8, 4) is 0 Å². The molecular weight excluding hydrogens is 414 g/mol. The molecule has 3 rings (SSSR count). The van der Waals surface area contributed by atoms with Crippen LogP contribution in [0.3, 0.4) is 0 Å². The van der Waals surface area contributed by atoms with Gasteiger partial charge in [0.25, 0.3) is 0 Å². The summed E-state index contributed by atoms with van der Waals surface area (Å²) in [5, 5.41) is 4.84. The summed E-state index contributed by atoms with van der Waals surface area (Å²) in [6, 6.07) is 16.5. The molecule has 6 heteroatoms. The van der Waals surface area contributed by atoms with Crippen molar-refractivity contribution >= 4 is 34.6 Å². The predicted octanol–water partition coefficient (Wildman–Crippen LogP) is 5.38. The fourth-order valence-electron chi connectivity index (χ4n) is 3.53. The first-order chi connectivity index (χ1) is 14.5. The molecule has 1 fully saturated rings. The quantitative estimate of drug-likeness (QED) is 0.550. The standard InChI is InChI=1S/C24H32ClN3OS/c1-19(2)21-6-4-20(5-7-21)18-28(13-3-12-27-14-16-29-17-15-27)24(30)26-23-10-8-22(25)9-11-23/h4-11,19H,3,12-18H2,1-2H3,(H,26,30). The molecule has 0 atom stereocenters. The highest BCUT2D eigenvalue weighted by Gasteiger charge is 2.14. The zero-order valence-corrected chi connectivity index (χ0v) is 19.5. The molecule has 0 unspecified atom stereocenters. The summed E-state index contributed by atoms with van der Waals surface area (Å²) in [6.45, 7) is 10.9. The van der Waals surface area contributed by atoms with Gasteiger partial charge in [-0.3, -0.25) is 4.90 Å². The molecule has 1 heterocycles. The number of hydrogen-bond acceptors (Lipinski definition) is 3. The Morgan fingerprint density at radius 1 is 1.10 bits per heavy atom. The predicted molar refractivity (Wildman–Crippen MR) is 130 cm³/mol. The van der Waals surface area contributed by atoms with E-state index in [-0.39, 0.29) is 0 Å². The monoisotopic (exact) mass is 445 g/mol. The van der Waals surface area contributed by atoms with Crippen LogP contribution in [0.4, 0.5) is 5.69 Å². The van der Waals surface area contributed by atoms with E-state index >= 15 is 0 Å². The minimum Gasteiger partial charge on any atom is -0.379 e. The third-order valence-electron chi connectivity index (χ3n) is 5.41. The van der Waals surface area contributed by atoms with Crippen LogP contribution >= 0.6 is 23.8 Å². The molecule has 1 aliphatic rings. The first-order valence-corrected chi connectivity index (χ1v) is 11.5. The van der Waals surface area contributed by atoms with Gasteiger partial charge in [0.1, 0.15) is 0 Å². The molecule has 0 aliphatic carbocycles. The number of nitrogens with zero attached hydrogens (tertiary/aromatic N) is 2. The molecule has 0 amide bonds. The van der Waals surface area contributed by atoms with Crippen molar-refractivity contribution in [3.05, 3.63) is 64.7 Å². The molecule has 0 saturated carbocycles. The lowest BCUT2D eigenvalue weighted by molar-refractivity contribution is 0.0368. The second-order valence-electron chi connectivity index (χ2n) is 8.06. The normalized spacial score (nSPS) is 14.7. The minimum absolute atomic E-state index is 0.538. The molecular formula is C24H32ClN3OS. The molecule has 30 heavy (non-hydrogen) atoms. The van der Waals surface area contributed by atoms with Gasteiger partial charge in [0.15, 0.2) is 5.11 Å². The molecule has 2 aromatic carbocycles. The van der Waals surface area contributed by atoms with Gasteiger partial charge < -0.3 is 15.0 Å². The summed E-state index contributed by atoms with van der Waals surface area (Å²) >= 11 is 11.8. The van der Waals surface area contributed by atoms with Crippen molar-refractivity contribution in [2.24, 2.45) is 0 Å². The smallest absolute Gasteiger partial charge is 0.173 e. The van der Waals surface area contributed by atoms with Crippen LogP contribution in [0.1, 0.15) is 37.3 Å². The summed E-state index contributed by atoms with van der Waals surface area (Å²) in [6.07, 6.45) is 1.06. The van der Waals surface area contributed by atoms with Crippen molar-refractivity contribution in [2.45, 2.75) is 32.7 Å². The maximum Gasteiger partial charge on any atom is 0.173 e. The summed E-state index contributed by atoms with van der Waals surface area (Å²) in [4.78, 5) is 4.73. The summed E-state index contributed by atoms with van der Waals surface area (Å²) < 4.78 is 5.45. The zero-order valence-electron chi connectivity index (χ0n) is 17.9. The maximum absolute atomic E-state index is 6.01. The first-order valence-electron chi connectivity index (χ1n) is 10.7. The van der Waals surface area contributed by atoms with E-state index in [0.717, 1.165) is 68.2 Å². The average Bonchev–Trinajstić information content (AvgIpc) is 2.75. The molecule has 0 radical (unpaired) electrons. The van der Waals surface area contributed by atoms with Gasteiger partial charge in [0.2, 0.25) is 0 Å². The van der Waals surface area contributed by atoms with E-state index in [4.69, 9.17) is 28.6 Å². The van der Waals surface area contributed by atoms with Crippen molar-refractivity contribution in [1.29, 1.82) is 0 Å². The fourth-order valence-corrected chi connectivity index (χ4v) is 3.93. The van der Waals surface area contributed by atoms with Gasteiger partial charge in [-0.1, -0.05) is 49.7 Å². The molecule has 162 valence electrons. The topological polar surface area (TPSA) is 27.7 Å². The van der Waals surface area contributed by atoms with Gasteiger partial charge in [-0.25, -0.2) is 0 Å². The number of ether oxygens (including phenoxy) is 1. The summed E-state index contributed by atoms with van der Waals surface area (Å²) in [5.41, 5.74) is 3.59. The van der Waals surface area contributed by atoms with E-state index in [1.165, 1.54) is 11.1 Å². The summed E-state index contributed by atoms with van der Waals surface area (Å²) in [5.74, 6) is 0.538. The molecule has 0 aromatic heterocycles. The Morgan fingerprint density at radius 2 is 1.77 bits per heavy atom. The van der Waals surface area contributed by atoms with Gasteiger partial charge in [-0.15, -0.1) is 0 Å². The fraction of sp³-hybridized carbons (Fsp3) is 0.458. The number of halogens is 1. The number of hydrogen-bond donors (Lipinski definition) is 1. The van der Waals surface area contributed by atoms with Crippen LogP contribution in [0, 0.1) is 0 Å². The zero-order chi connectivity index (χ0) is 21.3. The highest BCUT2D eigenvalue weighted by Crippen LogP contribution is 2.18. The Morgan fingerprint density at radius 3 is 2.40 bits per heavy atom. The highest BCUT2D eigenvalue weighted by molar-refractivity contribution is 7.80. The van der Waals surface area contributed by atoms with Gasteiger partial charge in [-0.2, -0.15) is 0 Å². The van der Waals surface area contributed by atoms with E-state index in [9.17, 15) is 0 Å². The van der Waals surface area contributed by atoms with Crippen molar-refractivity contribution in [1.82, 2.24) is 9.80 Å². The minimum atomic E-state index is 0.538. The number of anilines is 1. The van der Waals surface area contributed by atoms with Crippen molar-refractivity contribution in [3.63, 3.8) is 0 Å². The number of morpholine rings is 1. The van der Waals surface area contributed by atoms with Crippen LogP contribution in [0.25, 0.3) is 0 Å². The third-order valence-corrected chi connectivity index (χ3v) is 6.02. The maximum atomic E-state index is 6.01. The van der Waals surface area contributed by atoms with Crippen molar-refractivity contribution in [2.75, 3.05) is 44.7 Å². The number of benzene rings is 2. The Hall–Kier alpha value is -1.66. The Labute approximate surface area is 191 Å². The summed E-state index contributed by atoms with van der Waals surface area (Å²) in [7, 11) is 0. The van der Waals surface area contributed by atoms with E-state index < -0.39 is 0 Å². The van der Waals surface area contributed by atoms with Crippen LogP contribution in [0.5, 0.6) is 0 Å². The van der Waals surface area contributed by atoms with Crippen molar-refractivity contribution < 1.29 is 4.74 Å². The lowest BCUT2D eigenvalue weighted by Gasteiger charge is -2.29. The molecule has 4 nitrogen and oxygen atoms in total. The highest BCUT2D eigenvalue weighted by atomic mass is 35.5. The lowest BCUT2D eigenvalue weighted by Crippen LogP contribution is -2.40. The average molecular weight is 446 g/mol. The third kappa shape index (κ3) is 7.24. The lowest BCUT2D eigenvalue weighted by atomic mass is 10.0. The SMILES string of the molecule is CC(C)c1ccc(CN(CCCN2CCOCC2)C(=S)Nc2ccc(Cl)cc2)cc1.